The molecule has 2 fully saturated rings. The van der Waals surface area contributed by atoms with E-state index >= 15 is 0 Å². The lowest BCUT2D eigenvalue weighted by atomic mass is 9.95. The van der Waals surface area contributed by atoms with Crippen LogP contribution in [0.2, 0.25) is 5.02 Å². The van der Waals surface area contributed by atoms with Crippen molar-refractivity contribution in [1.29, 1.82) is 0 Å². The van der Waals surface area contributed by atoms with Crippen LogP contribution < -0.4 is 0 Å². The number of carbonyl (C=O) groups is 1. The highest BCUT2D eigenvalue weighted by molar-refractivity contribution is 7.87. The highest BCUT2D eigenvalue weighted by atomic mass is 35.5. The molecule has 1 aliphatic heterocycles. The van der Waals surface area contributed by atoms with Crippen molar-refractivity contribution in [2.75, 3.05) is 13.1 Å². The first-order valence-electron chi connectivity index (χ1n) is 6.77. The van der Waals surface area contributed by atoms with Crippen LogP contribution in [-0.2, 0) is 20.4 Å². The quantitative estimate of drug-likeness (QED) is 0.795. The highest BCUT2D eigenvalue weighted by Crippen LogP contribution is 2.49. The van der Waals surface area contributed by atoms with Crippen molar-refractivity contribution in [1.82, 2.24) is 4.90 Å². The first-order valence-corrected chi connectivity index (χ1v) is 8.60. The van der Waals surface area contributed by atoms with Gasteiger partial charge >= 0.3 is 10.2 Å². The summed E-state index contributed by atoms with van der Waals surface area (Å²) >= 11 is 5.87. The summed E-state index contributed by atoms with van der Waals surface area (Å²) in [5, 5.41) is -0.568. The molecule has 1 amide bonds. The summed E-state index contributed by atoms with van der Waals surface area (Å²) in [6.45, 7) is 0.395. The summed E-state index contributed by atoms with van der Waals surface area (Å²) in [6.07, 6.45) is 1.62. The van der Waals surface area contributed by atoms with Crippen LogP contribution in [0.15, 0.2) is 24.3 Å². The molecule has 1 heterocycles. The van der Waals surface area contributed by atoms with Gasteiger partial charge in [-0.2, -0.15) is 8.42 Å². The van der Waals surface area contributed by atoms with E-state index in [1.807, 2.05) is 12.1 Å². The summed E-state index contributed by atoms with van der Waals surface area (Å²) in [5.74, 6) is -0.290. The summed E-state index contributed by atoms with van der Waals surface area (Å²) in [6, 6.07) is 7.47. The predicted molar refractivity (Wildman–Crippen MR) is 77.4 cm³/mol. The third-order valence-electron chi connectivity index (χ3n) is 4.38. The number of benzene rings is 1. The molecule has 0 spiro atoms. The molecule has 1 unspecified atom stereocenters. The predicted octanol–water partition coefficient (Wildman–Crippen LogP) is 2.27. The molecule has 1 saturated heterocycles. The Bertz CT molecular complexity index is 670. The van der Waals surface area contributed by atoms with Crippen LogP contribution >= 0.6 is 11.6 Å². The van der Waals surface area contributed by atoms with Gasteiger partial charge in [-0.05, 0) is 30.5 Å². The minimum Gasteiger partial charge on any atom is -0.340 e. The largest absolute Gasteiger partial charge is 0.340 e. The number of hydrogen-bond donors (Lipinski definition) is 0. The summed E-state index contributed by atoms with van der Waals surface area (Å²) in [5.41, 5.74) is 0.959. The second kappa shape index (κ2) is 4.95. The molecule has 3 rings (SSSR count). The smallest absolute Gasteiger partial charge is 0.307 e. The van der Waals surface area contributed by atoms with Crippen molar-refractivity contribution in [2.45, 2.75) is 29.9 Å². The second-order valence-corrected chi connectivity index (χ2v) is 7.92. The molecular formula is C14H15ClFNO3S. The van der Waals surface area contributed by atoms with E-state index in [0.29, 0.717) is 11.6 Å². The van der Waals surface area contributed by atoms with E-state index in [9.17, 15) is 17.1 Å². The third kappa shape index (κ3) is 2.92. The van der Waals surface area contributed by atoms with Crippen LogP contribution in [0.1, 0.15) is 24.8 Å². The first-order chi connectivity index (χ1) is 9.80. The number of hydrogen-bond acceptors (Lipinski definition) is 3. The molecule has 21 heavy (non-hydrogen) atoms. The number of nitrogens with zero attached hydrogens (tertiary/aromatic N) is 1. The van der Waals surface area contributed by atoms with Gasteiger partial charge in [0.1, 0.15) is 5.25 Å². The fraction of sp³-hybridized carbons (Fsp3) is 0.500. The normalized spacial score (nSPS) is 24.4. The summed E-state index contributed by atoms with van der Waals surface area (Å²) in [7, 11) is -4.65. The van der Waals surface area contributed by atoms with E-state index in [4.69, 9.17) is 11.6 Å². The van der Waals surface area contributed by atoms with Crippen molar-refractivity contribution >= 4 is 27.7 Å². The zero-order valence-electron chi connectivity index (χ0n) is 11.3. The highest BCUT2D eigenvalue weighted by Gasteiger charge is 2.49. The lowest BCUT2D eigenvalue weighted by molar-refractivity contribution is -0.128. The number of halogens is 2. The van der Waals surface area contributed by atoms with Gasteiger partial charge in [0, 0.05) is 29.9 Å². The molecular weight excluding hydrogens is 317 g/mol. The van der Waals surface area contributed by atoms with Crippen molar-refractivity contribution in [2.24, 2.45) is 0 Å². The number of carbonyl (C=O) groups excluding carboxylic acids is 1. The Morgan fingerprint density at radius 2 is 1.90 bits per heavy atom. The lowest BCUT2D eigenvalue weighted by Gasteiger charge is -2.24. The maximum Gasteiger partial charge on any atom is 0.307 e. The van der Waals surface area contributed by atoms with E-state index < -0.39 is 15.5 Å². The Kier molecular flexibility index (Phi) is 3.48. The zero-order valence-corrected chi connectivity index (χ0v) is 12.8. The van der Waals surface area contributed by atoms with Gasteiger partial charge in [-0.3, -0.25) is 4.79 Å². The molecule has 2 aliphatic rings. The van der Waals surface area contributed by atoms with Crippen LogP contribution in [0.25, 0.3) is 0 Å². The second-order valence-electron chi connectivity index (χ2n) is 5.86. The Morgan fingerprint density at radius 1 is 1.29 bits per heavy atom. The molecule has 7 heteroatoms. The van der Waals surface area contributed by atoms with Gasteiger partial charge in [0.25, 0.3) is 0 Å². The fourth-order valence-corrected chi connectivity index (χ4v) is 3.76. The van der Waals surface area contributed by atoms with Crippen molar-refractivity contribution in [3.05, 3.63) is 34.9 Å². The van der Waals surface area contributed by atoms with Gasteiger partial charge in [0.2, 0.25) is 5.91 Å². The van der Waals surface area contributed by atoms with Crippen LogP contribution in [0.5, 0.6) is 0 Å². The Labute approximate surface area is 128 Å². The van der Waals surface area contributed by atoms with Crippen LogP contribution in [0.4, 0.5) is 3.89 Å². The standard InChI is InChI=1S/C14H15ClFNO3S/c15-11-3-1-10(2-4-11)14(5-6-14)9-17-8-12(7-13(17)18)21(16,19)20/h1-4,12H,5-9H2. The van der Waals surface area contributed by atoms with Gasteiger partial charge in [0.15, 0.2) is 0 Å². The van der Waals surface area contributed by atoms with Crippen LogP contribution in [-0.4, -0.2) is 37.6 Å². The van der Waals surface area contributed by atoms with E-state index in [1.54, 1.807) is 12.1 Å². The Balaban J connectivity index is 1.75. The summed E-state index contributed by atoms with van der Waals surface area (Å²) < 4.78 is 34.9. The molecule has 114 valence electrons. The Hall–Kier alpha value is -1.14. The van der Waals surface area contributed by atoms with E-state index in [1.165, 1.54) is 4.90 Å². The van der Waals surface area contributed by atoms with Crippen molar-refractivity contribution < 1.29 is 17.1 Å². The maximum atomic E-state index is 13.0. The first kappa shape index (κ1) is 14.8. The van der Waals surface area contributed by atoms with Crippen molar-refractivity contribution in [3.8, 4) is 0 Å². The van der Waals surface area contributed by atoms with Gasteiger partial charge in [-0.25, -0.2) is 0 Å². The number of rotatable bonds is 4. The van der Waals surface area contributed by atoms with Gasteiger partial charge in [0.05, 0.1) is 0 Å². The minimum absolute atomic E-state index is 0.0486. The van der Waals surface area contributed by atoms with Gasteiger partial charge in [-0.1, -0.05) is 23.7 Å². The number of likely N-dealkylation sites (tertiary alicyclic amines) is 1. The van der Waals surface area contributed by atoms with Crippen LogP contribution in [0.3, 0.4) is 0 Å². The molecule has 0 radical (unpaired) electrons. The molecule has 0 aromatic heterocycles. The Morgan fingerprint density at radius 3 is 2.38 bits per heavy atom. The maximum absolute atomic E-state index is 13.0. The van der Waals surface area contributed by atoms with Crippen molar-refractivity contribution in [3.63, 3.8) is 0 Å². The molecule has 0 N–H and O–H groups in total. The molecule has 4 nitrogen and oxygen atoms in total. The molecule has 1 saturated carbocycles. The van der Waals surface area contributed by atoms with Crippen LogP contribution in [0, 0.1) is 0 Å². The molecule has 1 atom stereocenters. The third-order valence-corrected chi connectivity index (χ3v) is 5.74. The average molecular weight is 332 g/mol. The summed E-state index contributed by atoms with van der Waals surface area (Å²) in [4.78, 5) is 13.4. The molecule has 1 aromatic rings. The van der Waals surface area contributed by atoms with E-state index in [0.717, 1.165) is 18.4 Å². The minimum atomic E-state index is -4.65. The molecule has 0 bridgehead atoms. The number of amides is 1. The van der Waals surface area contributed by atoms with Gasteiger partial charge < -0.3 is 4.90 Å². The van der Waals surface area contributed by atoms with E-state index in [2.05, 4.69) is 0 Å². The molecule has 1 aromatic carbocycles. The zero-order chi connectivity index (χ0) is 15.3. The topological polar surface area (TPSA) is 54.5 Å². The lowest BCUT2D eigenvalue weighted by Crippen LogP contribution is -2.34. The van der Waals surface area contributed by atoms with E-state index in [-0.39, 0.29) is 24.3 Å². The molecule has 1 aliphatic carbocycles. The fourth-order valence-electron chi connectivity index (χ4n) is 2.94. The average Bonchev–Trinajstić information content (AvgIpc) is 3.08. The van der Waals surface area contributed by atoms with Gasteiger partial charge in [-0.15, -0.1) is 3.89 Å². The monoisotopic (exact) mass is 331 g/mol. The SMILES string of the molecule is O=C1CC(S(=O)(=O)F)CN1CC1(c2ccc(Cl)cc2)CC1.